The summed E-state index contributed by atoms with van der Waals surface area (Å²) in [6.45, 7) is 7.22. The summed E-state index contributed by atoms with van der Waals surface area (Å²) in [5.41, 5.74) is 0. The Bertz CT molecular complexity index is 358. The molecule has 5 nitrogen and oxygen atoms in total. The predicted octanol–water partition coefficient (Wildman–Crippen LogP) is 0.837. The van der Waals surface area contributed by atoms with Gasteiger partial charge in [-0.1, -0.05) is 13.8 Å². The SMILES string of the molecule is CC(C)Cn1ncnc1CC(O)C1CCNCC1. The van der Waals surface area contributed by atoms with E-state index in [4.69, 9.17) is 0 Å². The Labute approximate surface area is 109 Å². The van der Waals surface area contributed by atoms with Gasteiger partial charge in [0.15, 0.2) is 0 Å². The Morgan fingerprint density at radius 2 is 2.17 bits per heavy atom. The van der Waals surface area contributed by atoms with Gasteiger partial charge < -0.3 is 10.4 Å². The Morgan fingerprint density at radius 3 is 2.83 bits per heavy atom. The molecule has 1 atom stereocenters. The molecule has 1 aromatic heterocycles. The summed E-state index contributed by atoms with van der Waals surface area (Å²) in [5, 5.41) is 17.9. The van der Waals surface area contributed by atoms with Crippen molar-refractivity contribution in [3.05, 3.63) is 12.2 Å². The van der Waals surface area contributed by atoms with Crippen LogP contribution in [0.3, 0.4) is 0 Å². The van der Waals surface area contributed by atoms with Crippen LogP contribution < -0.4 is 5.32 Å². The molecule has 1 unspecified atom stereocenters. The maximum atomic E-state index is 10.3. The van der Waals surface area contributed by atoms with Gasteiger partial charge in [-0.2, -0.15) is 5.10 Å². The molecule has 0 spiro atoms. The molecular formula is C13H24N4O. The first-order chi connectivity index (χ1) is 8.66. The highest BCUT2D eigenvalue weighted by molar-refractivity contribution is 4.90. The van der Waals surface area contributed by atoms with Crippen molar-refractivity contribution in [3.8, 4) is 0 Å². The van der Waals surface area contributed by atoms with Crippen molar-refractivity contribution in [2.24, 2.45) is 11.8 Å². The van der Waals surface area contributed by atoms with Gasteiger partial charge in [0.2, 0.25) is 0 Å². The van der Waals surface area contributed by atoms with E-state index in [-0.39, 0.29) is 6.10 Å². The van der Waals surface area contributed by atoms with Crippen LogP contribution in [0.4, 0.5) is 0 Å². The van der Waals surface area contributed by atoms with E-state index in [1.54, 1.807) is 6.33 Å². The molecule has 0 bridgehead atoms. The number of nitrogens with zero attached hydrogens (tertiary/aromatic N) is 3. The van der Waals surface area contributed by atoms with Crippen LogP contribution in [0.2, 0.25) is 0 Å². The van der Waals surface area contributed by atoms with E-state index in [0.717, 1.165) is 38.3 Å². The van der Waals surface area contributed by atoms with Gasteiger partial charge in [0, 0.05) is 13.0 Å². The predicted molar refractivity (Wildman–Crippen MR) is 70.2 cm³/mol. The van der Waals surface area contributed by atoms with Crippen molar-refractivity contribution in [3.63, 3.8) is 0 Å². The Kier molecular flexibility index (Phi) is 4.72. The van der Waals surface area contributed by atoms with Crippen molar-refractivity contribution >= 4 is 0 Å². The number of hydrogen-bond acceptors (Lipinski definition) is 4. The lowest BCUT2D eigenvalue weighted by Crippen LogP contribution is -2.35. The number of aliphatic hydroxyl groups is 1. The minimum absolute atomic E-state index is 0.290. The molecule has 1 aliphatic heterocycles. The van der Waals surface area contributed by atoms with E-state index in [9.17, 15) is 5.11 Å². The Balaban J connectivity index is 1.93. The van der Waals surface area contributed by atoms with Crippen LogP contribution in [0.25, 0.3) is 0 Å². The van der Waals surface area contributed by atoms with Crippen molar-refractivity contribution < 1.29 is 5.11 Å². The lowest BCUT2D eigenvalue weighted by Gasteiger charge is -2.27. The highest BCUT2D eigenvalue weighted by atomic mass is 16.3. The average Bonchev–Trinajstić information content (AvgIpc) is 2.77. The third-order valence-electron chi connectivity index (χ3n) is 3.55. The largest absolute Gasteiger partial charge is 0.392 e. The number of rotatable bonds is 5. The van der Waals surface area contributed by atoms with Gasteiger partial charge in [-0.05, 0) is 37.8 Å². The van der Waals surface area contributed by atoms with Crippen LogP contribution in [0, 0.1) is 11.8 Å². The highest BCUT2D eigenvalue weighted by Gasteiger charge is 2.23. The van der Waals surface area contributed by atoms with E-state index < -0.39 is 0 Å². The second-order valence-electron chi connectivity index (χ2n) is 5.61. The topological polar surface area (TPSA) is 63.0 Å². The molecule has 5 heteroatoms. The molecule has 1 aromatic rings. The van der Waals surface area contributed by atoms with Gasteiger partial charge in [-0.3, -0.25) is 0 Å². The third-order valence-corrected chi connectivity index (χ3v) is 3.55. The highest BCUT2D eigenvalue weighted by Crippen LogP contribution is 2.19. The zero-order valence-corrected chi connectivity index (χ0v) is 11.3. The van der Waals surface area contributed by atoms with Gasteiger partial charge in [-0.25, -0.2) is 9.67 Å². The number of piperidine rings is 1. The maximum Gasteiger partial charge on any atom is 0.138 e. The van der Waals surface area contributed by atoms with E-state index in [1.807, 2.05) is 4.68 Å². The quantitative estimate of drug-likeness (QED) is 0.815. The summed E-state index contributed by atoms with van der Waals surface area (Å²) in [6.07, 6.45) is 4.03. The fourth-order valence-corrected chi connectivity index (χ4v) is 2.53. The van der Waals surface area contributed by atoms with Gasteiger partial charge in [0.05, 0.1) is 6.10 Å². The first-order valence-corrected chi connectivity index (χ1v) is 6.92. The van der Waals surface area contributed by atoms with Crippen LogP contribution in [0.15, 0.2) is 6.33 Å². The molecule has 0 saturated carbocycles. The smallest absolute Gasteiger partial charge is 0.138 e. The Hall–Kier alpha value is -0.940. The standard InChI is InChI=1S/C13H24N4O/c1-10(2)8-17-13(15-9-16-17)7-12(18)11-3-5-14-6-4-11/h9-12,14,18H,3-8H2,1-2H3. The summed E-state index contributed by atoms with van der Waals surface area (Å²) in [7, 11) is 0. The number of nitrogens with one attached hydrogen (secondary N) is 1. The summed E-state index contributed by atoms with van der Waals surface area (Å²) < 4.78 is 1.93. The molecule has 18 heavy (non-hydrogen) atoms. The van der Waals surface area contributed by atoms with Crippen LogP contribution >= 0.6 is 0 Å². The molecule has 0 amide bonds. The number of aliphatic hydroxyl groups excluding tert-OH is 1. The van der Waals surface area contributed by atoms with Crippen molar-refractivity contribution in [1.29, 1.82) is 0 Å². The first-order valence-electron chi connectivity index (χ1n) is 6.92. The summed E-state index contributed by atoms with van der Waals surface area (Å²) in [6, 6.07) is 0. The van der Waals surface area contributed by atoms with Crippen LogP contribution in [-0.2, 0) is 13.0 Å². The monoisotopic (exact) mass is 252 g/mol. The summed E-state index contributed by atoms with van der Waals surface area (Å²) in [4.78, 5) is 4.28. The van der Waals surface area contributed by atoms with Crippen molar-refractivity contribution in [2.45, 2.75) is 45.8 Å². The molecular weight excluding hydrogens is 228 g/mol. The van der Waals surface area contributed by atoms with Crippen LogP contribution in [0.1, 0.15) is 32.5 Å². The maximum absolute atomic E-state index is 10.3. The van der Waals surface area contributed by atoms with Gasteiger partial charge in [0.1, 0.15) is 12.2 Å². The first kappa shape index (κ1) is 13.5. The second kappa shape index (κ2) is 6.29. The summed E-state index contributed by atoms with van der Waals surface area (Å²) >= 11 is 0. The lowest BCUT2D eigenvalue weighted by atomic mass is 9.90. The fraction of sp³-hybridized carbons (Fsp3) is 0.846. The molecule has 102 valence electrons. The molecule has 2 N–H and O–H groups in total. The molecule has 1 aliphatic rings. The zero-order chi connectivity index (χ0) is 13.0. The molecule has 1 fully saturated rings. The molecule has 0 aliphatic carbocycles. The van der Waals surface area contributed by atoms with E-state index in [2.05, 4.69) is 29.2 Å². The molecule has 2 rings (SSSR count). The van der Waals surface area contributed by atoms with E-state index >= 15 is 0 Å². The van der Waals surface area contributed by atoms with Crippen LogP contribution in [-0.4, -0.2) is 39.1 Å². The Morgan fingerprint density at radius 1 is 1.44 bits per heavy atom. The minimum atomic E-state index is -0.290. The van der Waals surface area contributed by atoms with E-state index in [1.165, 1.54) is 0 Å². The fourth-order valence-electron chi connectivity index (χ4n) is 2.53. The number of hydrogen-bond donors (Lipinski definition) is 2. The zero-order valence-electron chi connectivity index (χ0n) is 11.3. The van der Waals surface area contributed by atoms with Gasteiger partial charge in [-0.15, -0.1) is 0 Å². The van der Waals surface area contributed by atoms with E-state index in [0.29, 0.717) is 18.3 Å². The molecule has 2 heterocycles. The lowest BCUT2D eigenvalue weighted by molar-refractivity contribution is 0.0860. The van der Waals surface area contributed by atoms with Crippen molar-refractivity contribution in [2.75, 3.05) is 13.1 Å². The number of aromatic nitrogens is 3. The van der Waals surface area contributed by atoms with Crippen molar-refractivity contribution in [1.82, 2.24) is 20.1 Å². The minimum Gasteiger partial charge on any atom is -0.392 e. The van der Waals surface area contributed by atoms with Gasteiger partial charge in [0.25, 0.3) is 0 Å². The second-order valence-corrected chi connectivity index (χ2v) is 5.61. The normalized spacial score (nSPS) is 19.3. The molecule has 0 radical (unpaired) electrons. The molecule has 1 saturated heterocycles. The third kappa shape index (κ3) is 3.53. The van der Waals surface area contributed by atoms with Gasteiger partial charge >= 0.3 is 0 Å². The summed E-state index contributed by atoms with van der Waals surface area (Å²) in [5.74, 6) is 1.85. The van der Waals surface area contributed by atoms with Crippen LogP contribution in [0.5, 0.6) is 0 Å². The molecule has 0 aromatic carbocycles. The average molecular weight is 252 g/mol.